The fraction of sp³-hybridized carbons (Fsp3) is 0.118. The molecule has 13 heteroatoms. The van der Waals surface area contributed by atoms with Crippen molar-refractivity contribution in [2.24, 2.45) is 0 Å². The van der Waals surface area contributed by atoms with E-state index in [9.17, 15) is 26.4 Å². The maximum absolute atomic E-state index is 12.3. The lowest BCUT2D eigenvalue weighted by Gasteiger charge is -2.07. The second kappa shape index (κ2) is 9.51. The maximum atomic E-state index is 12.3. The van der Waals surface area contributed by atoms with Gasteiger partial charge in [-0.2, -0.15) is 0 Å². The van der Waals surface area contributed by atoms with E-state index >= 15 is 0 Å². The van der Waals surface area contributed by atoms with Crippen molar-refractivity contribution in [2.45, 2.75) is 11.5 Å². The van der Waals surface area contributed by atoms with Gasteiger partial charge in [-0.1, -0.05) is 35.1 Å². The molecule has 0 aliphatic heterocycles. The molecule has 30 heavy (non-hydrogen) atoms. The van der Waals surface area contributed by atoms with Gasteiger partial charge in [0.25, 0.3) is 5.91 Å². The fourth-order valence-electron chi connectivity index (χ4n) is 2.56. The van der Waals surface area contributed by atoms with Crippen LogP contribution in [0.4, 0.5) is 9.93 Å². The number of hydrogen-bond donors (Lipinski definition) is 4. The molecule has 3 aromatic rings. The summed E-state index contributed by atoms with van der Waals surface area (Å²) in [4.78, 5) is 28.6. The van der Waals surface area contributed by atoms with E-state index in [4.69, 9.17) is 11.6 Å². The van der Waals surface area contributed by atoms with Crippen LogP contribution >= 0.6 is 22.9 Å². The molecule has 3 rings (SSSR count). The van der Waals surface area contributed by atoms with Crippen LogP contribution in [0.2, 0.25) is 5.02 Å². The zero-order valence-electron chi connectivity index (χ0n) is 15.0. The van der Waals surface area contributed by atoms with Gasteiger partial charge in [0.2, 0.25) is 0 Å². The molecule has 2 N–H and O–H groups in total. The number of thiazole rings is 1. The molecule has 0 bridgehead atoms. The van der Waals surface area contributed by atoms with Crippen molar-refractivity contribution in [2.75, 3.05) is 5.32 Å². The number of carbonyl (C=O) groups excluding carboxylic acids is 2. The van der Waals surface area contributed by atoms with Crippen molar-refractivity contribution in [1.82, 2.24) is 10.3 Å². The Morgan fingerprint density at radius 2 is 1.60 bits per heavy atom. The number of amides is 3. The van der Waals surface area contributed by atoms with E-state index in [0.29, 0.717) is 21.3 Å². The highest BCUT2D eigenvalue weighted by atomic mass is 35.5. The maximum Gasteiger partial charge on any atom is 0.327 e. The van der Waals surface area contributed by atoms with Gasteiger partial charge in [-0.3, -0.25) is 15.4 Å². The van der Waals surface area contributed by atoms with Crippen molar-refractivity contribution in [3.05, 3.63) is 58.1 Å². The standard InChI is InChI=1S/C17H14ClN3O6S3/c18-12-5-9(7-29(24)25)1-3-11(12)15(22)20-16(23)21-17-19-13-4-2-10(8-30(26)27)6-14(13)28-17/h1-6,29-30H,7-8H2,(H2,19,20,21,22,23). The van der Waals surface area contributed by atoms with E-state index < -0.39 is 33.3 Å². The normalized spacial score (nSPS) is 11.2. The van der Waals surface area contributed by atoms with Crippen molar-refractivity contribution < 1.29 is 26.4 Å². The smallest absolute Gasteiger partial charge is 0.283 e. The third-order valence-electron chi connectivity index (χ3n) is 3.80. The van der Waals surface area contributed by atoms with E-state index in [2.05, 4.69) is 15.6 Å². The minimum absolute atomic E-state index is 0.0114. The number of urea groups is 1. The first-order valence-electron chi connectivity index (χ1n) is 8.25. The Kier molecular flexibility index (Phi) is 7.02. The molecule has 0 fully saturated rings. The van der Waals surface area contributed by atoms with E-state index in [0.717, 1.165) is 11.3 Å². The first-order valence-corrected chi connectivity index (χ1v) is 12.2. The molecule has 0 saturated carbocycles. The number of nitrogens with zero attached hydrogens (tertiary/aromatic N) is 1. The van der Waals surface area contributed by atoms with Crippen molar-refractivity contribution in [3.8, 4) is 0 Å². The van der Waals surface area contributed by atoms with Gasteiger partial charge in [0.05, 0.1) is 32.3 Å². The number of nitrogens with one attached hydrogen (secondary N) is 2. The van der Waals surface area contributed by atoms with Crippen molar-refractivity contribution in [1.29, 1.82) is 0 Å². The Labute approximate surface area is 183 Å². The Balaban J connectivity index is 1.68. The molecule has 0 spiro atoms. The van der Waals surface area contributed by atoms with Crippen LogP contribution in [0.5, 0.6) is 0 Å². The number of hydrogen-bond acceptors (Lipinski definition) is 8. The molecule has 1 heterocycles. The summed E-state index contributed by atoms with van der Waals surface area (Å²) in [5.41, 5.74) is 1.61. The van der Waals surface area contributed by atoms with Crippen LogP contribution < -0.4 is 10.6 Å². The highest BCUT2D eigenvalue weighted by molar-refractivity contribution is 7.71. The average molecular weight is 488 g/mol. The molecule has 0 aliphatic carbocycles. The van der Waals surface area contributed by atoms with E-state index in [1.165, 1.54) is 18.2 Å². The van der Waals surface area contributed by atoms with Gasteiger partial charge in [-0.05, 0) is 35.4 Å². The summed E-state index contributed by atoms with van der Waals surface area (Å²) in [5.74, 6) is -1.06. The first kappa shape index (κ1) is 22.2. The van der Waals surface area contributed by atoms with Crippen LogP contribution in [-0.2, 0) is 32.9 Å². The number of thiol groups is 2. The van der Waals surface area contributed by atoms with Crippen LogP contribution in [0.1, 0.15) is 21.5 Å². The summed E-state index contributed by atoms with van der Waals surface area (Å²) >= 11 is 7.14. The van der Waals surface area contributed by atoms with Crippen molar-refractivity contribution in [3.63, 3.8) is 0 Å². The number of fused-ring (bicyclic) bond motifs is 1. The molecule has 0 radical (unpaired) electrons. The second-order valence-corrected chi connectivity index (χ2v) is 9.43. The lowest BCUT2D eigenvalue weighted by atomic mass is 10.1. The van der Waals surface area contributed by atoms with Crippen LogP contribution in [0.15, 0.2) is 36.4 Å². The lowest BCUT2D eigenvalue weighted by molar-refractivity contribution is 0.0967. The Morgan fingerprint density at radius 3 is 2.23 bits per heavy atom. The number of benzene rings is 2. The second-order valence-electron chi connectivity index (χ2n) is 6.03. The summed E-state index contributed by atoms with van der Waals surface area (Å²) in [6, 6.07) is 8.23. The van der Waals surface area contributed by atoms with Crippen LogP contribution in [0, 0.1) is 0 Å². The Hall–Kier alpha value is -2.54. The highest BCUT2D eigenvalue weighted by Crippen LogP contribution is 2.27. The van der Waals surface area contributed by atoms with E-state index in [1.54, 1.807) is 18.2 Å². The zero-order valence-corrected chi connectivity index (χ0v) is 18.3. The number of aromatic nitrogens is 1. The zero-order chi connectivity index (χ0) is 21.8. The van der Waals surface area contributed by atoms with Gasteiger partial charge in [0, 0.05) is 0 Å². The molecular formula is C17H14ClN3O6S3. The van der Waals surface area contributed by atoms with Gasteiger partial charge in [0.1, 0.15) is 21.4 Å². The van der Waals surface area contributed by atoms with E-state index in [-0.39, 0.29) is 27.2 Å². The van der Waals surface area contributed by atoms with Crippen molar-refractivity contribution >= 4 is 71.6 Å². The Morgan fingerprint density at radius 1 is 0.967 bits per heavy atom. The predicted molar refractivity (Wildman–Crippen MR) is 116 cm³/mol. The quantitative estimate of drug-likeness (QED) is 0.390. The van der Waals surface area contributed by atoms with Crippen LogP contribution in [0.25, 0.3) is 10.2 Å². The molecule has 9 nitrogen and oxygen atoms in total. The largest absolute Gasteiger partial charge is 0.327 e. The van der Waals surface area contributed by atoms with Crippen LogP contribution in [-0.4, -0.2) is 33.8 Å². The third kappa shape index (κ3) is 5.75. The lowest BCUT2D eigenvalue weighted by Crippen LogP contribution is -2.34. The minimum atomic E-state index is -2.63. The molecule has 0 aliphatic rings. The molecule has 0 saturated heterocycles. The number of rotatable bonds is 6. The third-order valence-corrected chi connectivity index (χ3v) is 6.29. The summed E-state index contributed by atoms with van der Waals surface area (Å²) < 4.78 is 43.9. The average Bonchev–Trinajstić information content (AvgIpc) is 3.01. The summed E-state index contributed by atoms with van der Waals surface area (Å²) in [5, 5.41) is 4.80. The van der Waals surface area contributed by atoms with Gasteiger partial charge >= 0.3 is 6.03 Å². The van der Waals surface area contributed by atoms with Gasteiger partial charge < -0.3 is 0 Å². The number of carbonyl (C=O) groups is 2. The molecule has 2 aromatic carbocycles. The molecular weight excluding hydrogens is 474 g/mol. The molecule has 158 valence electrons. The van der Waals surface area contributed by atoms with Gasteiger partial charge in [-0.15, -0.1) is 0 Å². The molecule has 1 aromatic heterocycles. The molecule has 3 amide bonds. The van der Waals surface area contributed by atoms with Crippen LogP contribution in [0.3, 0.4) is 0 Å². The van der Waals surface area contributed by atoms with Gasteiger partial charge in [-0.25, -0.2) is 26.6 Å². The summed E-state index contributed by atoms with van der Waals surface area (Å²) in [6.07, 6.45) is 0. The summed E-state index contributed by atoms with van der Waals surface area (Å²) in [7, 11) is -5.19. The summed E-state index contributed by atoms with van der Waals surface area (Å²) in [6.45, 7) is 0. The SMILES string of the molecule is O=C(NC(=O)c1ccc(C[SH](=O)=O)cc1Cl)Nc1nc2ccc(C[SH](=O)=O)cc2s1. The topological polar surface area (TPSA) is 139 Å². The molecule has 0 unspecified atom stereocenters. The fourth-order valence-corrected chi connectivity index (χ4v) is 4.76. The number of anilines is 1. The monoisotopic (exact) mass is 487 g/mol. The number of imide groups is 1. The Bertz CT molecular complexity index is 1280. The molecule has 0 atom stereocenters. The van der Waals surface area contributed by atoms with Gasteiger partial charge in [0.15, 0.2) is 5.13 Å². The predicted octanol–water partition coefficient (Wildman–Crippen LogP) is 2.13. The number of halogens is 1. The first-order chi connectivity index (χ1) is 14.2. The minimum Gasteiger partial charge on any atom is -0.283 e. The highest BCUT2D eigenvalue weighted by Gasteiger charge is 2.16. The van der Waals surface area contributed by atoms with E-state index in [1.807, 2.05) is 0 Å².